The minimum Gasteiger partial charge on any atom is -0.352 e. The summed E-state index contributed by atoms with van der Waals surface area (Å²) in [6.45, 7) is 0.657. The van der Waals surface area contributed by atoms with Gasteiger partial charge in [0.2, 0.25) is 0 Å². The van der Waals surface area contributed by atoms with Gasteiger partial charge in [-0.2, -0.15) is 5.10 Å². The minimum absolute atomic E-state index is 0.0504. The molecule has 17 heavy (non-hydrogen) atoms. The SMILES string of the molecule is O=C1NCCc2c1cnn2-c1ccnc(Br)c1. The standard InChI is InChI=1S/C11H9BrN4O/c12-10-5-7(1-3-13-10)16-9-2-4-14-11(17)8(9)6-15-16/h1,3,5-6H,2,4H2,(H,14,17). The largest absolute Gasteiger partial charge is 0.352 e. The molecule has 3 rings (SSSR count). The fourth-order valence-electron chi connectivity index (χ4n) is 1.94. The van der Waals surface area contributed by atoms with E-state index in [0.717, 1.165) is 22.4 Å². The molecular formula is C11H9BrN4O. The van der Waals surface area contributed by atoms with Crippen molar-refractivity contribution >= 4 is 21.8 Å². The van der Waals surface area contributed by atoms with Gasteiger partial charge in [0.15, 0.2) is 0 Å². The molecule has 1 aliphatic heterocycles. The summed E-state index contributed by atoms with van der Waals surface area (Å²) < 4.78 is 2.54. The van der Waals surface area contributed by atoms with Crippen LogP contribution in [0.5, 0.6) is 0 Å². The number of carbonyl (C=O) groups excluding carboxylic acids is 1. The van der Waals surface area contributed by atoms with E-state index in [9.17, 15) is 4.79 Å². The third-order valence-electron chi connectivity index (χ3n) is 2.72. The summed E-state index contributed by atoms with van der Waals surface area (Å²) in [4.78, 5) is 15.7. The van der Waals surface area contributed by atoms with E-state index in [0.29, 0.717) is 12.1 Å². The van der Waals surface area contributed by atoms with Crippen molar-refractivity contribution in [2.24, 2.45) is 0 Å². The molecule has 3 heterocycles. The van der Waals surface area contributed by atoms with Crippen molar-refractivity contribution in [3.05, 3.63) is 40.4 Å². The number of rotatable bonds is 1. The fourth-order valence-corrected chi connectivity index (χ4v) is 2.29. The van der Waals surface area contributed by atoms with E-state index in [-0.39, 0.29) is 5.91 Å². The third-order valence-corrected chi connectivity index (χ3v) is 3.15. The number of hydrogen-bond donors (Lipinski definition) is 1. The fraction of sp³-hybridized carbons (Fsp3) is 0.182. The monoisotopic (exact) mass is 292 g/mol. The zero-order valence-electron chi connectivity index (χ0n) is 8.85. The Morgan fingerprint density at radius 2 is 2.35 bits per heavy atom. The number of fused-ring (bicyclic) bond motifs is 1. The lowest BCUT2D eigenvalue weighted by atomic mass is 10.1. The van der Waals surface area contributed by atoms with Crippen molar-refractivity contribution in [1.29, 1.82) is 0 Å². The van der Waals surface area contributed by atoms with Crippen LogP contribution in [0, 0.1) is 0 Å². The summed E-state index contributed by atoms with van der Waals surface area (Å²) in [5.41, 5.74) is 2.51. The summed E-state index contributed by atoms with van der Waals surface area (Å²) in [5.74, 6) is -0.0504. The topological polar surface area (TPSA) is 59.8 Å². The summed E-state index contributed by atoms with van der Waals surface area (Å²) in [6, 6.07) is 3.74. The summed E-state index contributed by atoms with van der Waals surface area (Å²) in [6.07, 6.45) is 4.11. The number of hydrogen-bond acceptors (Lipinski definition) is 3. The first kappa shape index (κ1) is 10.5. The number of nitrogens with one attached hydrogen (secondary N) is 1. The summed E-state index contributed by atoms with van der Waals surface area (Å²) in [7, 11) is 0. The number of carbonyl (C=O) groups is 1. The van der Waals surface area contributed by atoms with Gasteiger partial charge in [0.25, 0.3) is 5.91 Å². The normalized spacial score (nSPS) is 14.3. The van der Waals surface area contributed by atoms with Crippen molar-refractivity contribution in [2.45, 2.75) is 6.42 Å². The van der Waals surface area contributed by atoms with Crippen molar-refractivity contribution < 1.29 is 4.79 Å². The average Bonchev–Trinajstić information content (AvgIpc) is 2.74. The van der Waals surface area contributed by atoms with Gasteiger partial charge in [0, 0.05) is 19.2 Å². The maximum absolute atomic E-state index is 11.6. The predicted octanol–water partition coefficient (Wildman–Crippen LogP) is 1.32. The molecule has 2 aromatic heterocycles. The average molecular weight is 293 g/mol. The molecule has 2 aromatic rings. The molecule has 0 saturated carbocycles. The molecular weight excluding hydrogens is 284 g/mol. The zero-order valence-corrected chi connectivity index (χ0v) is 10.4. The Hall–Kier alpha value is -1.69. The van der Waals surface area contributed by atoms with Crippen LogP contribution in [-0.4, -0.2) is 27.2 Å². The zero-order chi connectivity index (χ0) is 11.8. The van der Waals surface area contributed by atoms with E-state index < -0.39 is 0 Å². The first-order valence-corrected chi connectivity index (χ1v) is 6.02. The molecule has 0 aliphatic carbocycles. The molecule has 0 radical (unpaired) electrons. The first-order chi connectivity index (χ1) is 8.25. The van der Waals surface area contributed by atoms with Crippen LogP contribution in [0.25, 0.3) is 5.69 Å². The van der Waals surface area contributed by atoms with Crippen molar-refractivity contribution in [1.82, 2.24) is 20.1 Å². The lowest BCUT2D eigenvalue weighted by Crippen LogP contribution is -2.32. The van der Waals surface area contributed by atoms with Crippen LogP contribution in [0.4, 0.5) is 0 Å². The third kappa shape index (κ3) is 1.74. The van der Waals surface area contributed by atoms with E-state index in [1.54, 1.807) is 17.1 Å². The van der Waals surface area contributed by atoms with Gasteiger partial charge in [-0.05, 0) is 28.1 Å². The molecule has 0 aromatic carbocycles. The van der Waals surface area contributed by atoms with Crippen molar-refractivity contribution in [3.63, 3.8) is 0 Å². The van der Waals surface area contributed by atoms with Crippen molar-refractivity contribution in [2.75, 3.05) is 6.54 Å². The van der Waals surface area contributed by atoms with Crippen LogP contribution in [0.1, 0.15) is 16.1 Å². The van der Waals surface area contributed by atoms with Crippen LogP contribution in [0.2, 0.25) is 0 Å². The molecule has 0 unspecified atom stereocenters. The molecule has 86 valence electrons. The van der Waals surface area contributed by atoms with E-state index >= 15 is 0 Å². The van der Waals surface area contributed by atoms with E-state index in [1.165, 1.54) is 0 Å². The van der Waals surface area contributed by atoms with E-state index in [2.05, 4.69) is 31.3 Å². The number of aromatic nitrogens is 3. The molecule has 0 fully saturated rings. The second-order valence-electron chi connectivity index (χ2n) is 3.76. The van der Waals surface area contributed by atoms with Crippen LogP contribution < -0.4 is 5.32 Å². The van der Waals surface area contributed by atoms with Crippen LogP contribution in [-0.2, 0) is 6.42 Å². The van der Waals surface area contributed by atoms with Crippen LogP contribution in [0.3, 0.4) is 0 Å². The number of nitrogens with zero attached hydrogens (tertiary/aromatic N) is 3. The number of halogens is 1. The Balaban J connectivity index is 2.13. The Morgan fingerprint density at radius 1 is 1.47 bits per heavy atom. The van der Waals surface area contributed by atoms with Gasteiger partial charge in [-0.25, -0.2) is 9.67 Å². The quantitative estimate of drug-likeness (QED) is 0.807. The highest BCUT2D eigenvalue weighted by atomic mass is 79.9. The minimum atomic E-state index is -0.0504. The Bertz CT molecular complexity index is 593. The van der Waals surface area contributed by atoms with Gasteiger partial charge < -0.3 is 5.32 Å². The van der Waals surface area contributed by atoms with E-state index in [1.807, 2.05) is 12.1 Å². The smallest absolute Gasteiger partial charge is 0.254 e. The molecule has 0 saturated heterocycles. The Kier molecular flexibility index (Phi) is 2.44. The molecule has 0 spiro atoms. The molecule has 1 N–H and O–H groups in total. The van der Waals surface area contributed by atoms with Gasteiger partial charge in [-0.1, -0.05) is 0 Å². The Labute approximate surface area is 106 Å². The Morgan fingerprint density at radius 3 is 3.18 bits per heavy atom. The second kappa shape index (κ2) is 3.96. The van der Waals surface area contributed by atoms with Crippen LogP contribution in [0.15, 0.2) is 29.1 Å². The summed E-state index contributed by atoms with van der Waals surface area (Å²) in [5, 5.41) is 7.07. The van der Waals surface area contributed by atoms with Gasteiger partial charge in [-0.3, -0.25) is 4.79 Å². The molecule has 5 nitrogen and oxygen atoms in total. The van der Waals surface area contributed by atoms with Crippen LogP contribution >= 0.6 is 15.9 Å². The van der Waals surface area contributed by atoms with Gasteiger partial charge in [-0.15, -0.1) is 0 Å². The molecule has 1 aliphatic rings. The maximum atomic E-state index is 11.6. The highest BCUT2D eigenvalue weighted by Crippen LogP contribution is 2.19. The van der Waals surface area contributed by atoms with E-state index in [4.69, 9.17) is 0 Å². The predicted molar refractivity (Wildman–Crippen MR) is 65.1 cm³/mol. The first-order valence-electron chi connectivity index (χ1n) is 5.23. The molecule has 6 heteroatoms. The lowest BCUT2D eigenvalue weighted by molar-refractivity contribution is 0.0945. The second-order valence-corrected chi connectivity index (χ2v) is 4.57. The summed E-state index contributed by atoms with van der Waals surface area (Å²) >= 11 is 3.32. The number of amides is 1. The van der Waals surface area contributed by atoms with Gasteiger partial charge in [0.05, 0.1) is 23.1 Å². The van der Waals surface area contributed by atoms with Gasteiger partial charge in [0.1, 0.15) is 4.60 Å². The van der Waals surface area contributed by atoms with Gasteiger partial charge >= 0.3 is 0 Å². The lowest BCUT2D eigenvalue weighted by Gasteiger charge is -2.14. The van der Waals surface area contributed by atoms with Crippen molar-refractivity contribution in [3.8, 4) is 5.69 Å². The highest BCUT2D eigenvalue weighted by molar-refractivity contribution is 9.10. The maximum Gasteiger partial charge on any atom is 0.254 e. The molecule has 1 amide bonds. The molecule has 0 bridgehead atoms. The molecule has 0 atom stereocenters. The highest BCUT2D eigenvalue weighted by Gasteiger charge is 2.21. The number of pyridine rings is 1.